The van der Waals surface area contributed by atoms with E-state index in [-0.39, 0.29) is 17.2 Å². The molecule has 4 rings (SSSR count). The summed E-state index contributed by atoms with van der Waals surface area (Å²) in [6, 6.07) is 11.0. The van der Waals surface area contributed by atoms with Gasteiger partial charge in [-0.2, -0.15) is 0 Å². The number of para-hydroxylation sites is 1. The number of benzene rings is 1. The normalized spacial score (nSPS) is 17.2. The Kier molecular flexibility index (Phi) is 5.60. The van der Waals surface area contributed by atoms with Crippen molar-refractivity contribution in [1.82, 2.24) is 19.0 Å². The molecule has 7 nitrogen and oxygen atoms in total. The lowest BCUT2D eigenvalue weighted by Crippen LogP contribution is -2.33. The van der Waals surface area contributed by atoms with E-state index in [2.05, 4.69) is 4.90 Å². The van der Waals surface area contributed by atoms with Crippen molar-refractivity contribution in [3.63, 3.8) is 0 Å². The van der Waals surface area contributed by atoms with Crippen LogP contribution in [0.1, 0.15) is 30.3 Å². The first-order valence-electron chi connectivity index (χ1n) is 9.96. The number of hydrogen-bond acceptors (Lipinski definition) is 5. The largest absolute Gasteiger partial charge is 0.383 e. The molecule has 1 unspecified atom stereocenters. The summed E-state index contributed by atoms with van der Waals surface area (Å²) in [5.41, 5.74) is 1.77. The van der Waals surface area contributed by atoms with Gasteiger partial charge in [-0.05, 0) is 37.1 Å². The minimum atomic E-state index is -0.0173. The monoisotopic (exact) mass is 394 g/mol. The third-order valence-corrected chi connectivity index (χ3v) is 5.60. The van der Waals surface area contributed by atoms with Gasteiger partial charge in [0, 0.05) is 33.0 Å². The number of nitrogens with zero attached hydrogens (tertiary/aromatic N) is 4. The number of aryl methyl sites for hydroxylation is 1. The highest BCUT2D eigenvalue weighted by Gasteiger charge is 2.30. The molecule has 152 valence electrons. The molecule has 0 bridgehead atoms. The third kappa shape index (κ3) is 3.88. The second-order valence-electron chi connectivity index (χ2n) is 7.55. The number of rotatable bonds is 6. The number of ether oxygens (including phenoxy) is 1. The summed E-state index contributed by atoms with van der Waals surface area (Å²) in [5.74, 6) is 0.799. The zero-order valence-corrected chi connectivity index (χ0v) is 16.9. The Balaban J connectivity index is 1.74. The van der Waals surface area contributed by atoms with Crippen molar-refractivity contribution in [3.8, 4) is 0 Å². The molecule has 0 amide bonds. The summed E-state index contributed by atoms with van der Waals surface area (Å²) in [6.45, 7) is 2.58. The van der Waals surface area contributed by atoms with Crippen LogP contribution >= 0.6 is 0 Å². The van der Waals surface area contributed by atoms with Crippen LogP contribution in [-0.4, -0.2) is 39.3 Å². The predicted octanol–water partition coefficient (Wildman–Crippen LogP) is 2.08. The van der Waals surface area contributed by atoms with E-state index >= 15 is 0 Å². The number of fused-ring (bicyclic) bond motifs is 1. The maximum atomic E-state index is 13.2. The fraction of sp³-hybridized carbons (Fsp3) is 0.409. The van der Waals surface area contributed by atoms with E-state index in [9.17, 15) is 9.59 Å². The quantitative estimate of drug-likeness (QED) is 0.640. The Hall–Kier alpha value is -2.77. The summed E-state index contributed by atoms with van der Waals surface area (Å²) in [6.07, 6.45) is 3.87. The van der Waals surface area contributed by atoms with E-state index in [0.29, 0.717) is 25.1 Å². The van der Waals surface area contributed by atoms with Crippen LogP contribution in [0.4, 0.5) is 0 Å². The molecule has 0 aliphatic carbocycles. The second-order valence-corrected chi connectivity index (χ2v) is 7.55. The fourth-order valence-electron chi connectivity index (χ4n) is 4.13. The van der Waals surface area contributed by atoms with Crippen molar-refractivity contribution >= 4 is 10.9 Å². The average molecular weight is 394 g/mol. The van der Waals surface area contributed by atoms with Crippen molar-refractivity contribution in [2.45, 2.75) is 32.0 Å². The topological polar surface area (TPSA) is 69.4 Å². The summed E-state index contributed by atoms with van der Waals surface area (Å²) in [4.78, 5) is 32.1. The molecule has 0 N–H and O–H groups in total. The summed E-state index contributed by atoms with van der Waals surface area (Å²) in [7, 11) is 3.40. The van der Waals surface area contributed by atoms with Gasteiger partial charge in [0.05, 0.1) is 30.1 Å². The first-order valence-corrected chi connectivity index (χ1v) is 9.96. The predicted molar refractivity (Wildman–Crippen MR) is 112 cm³/mol. The molecular weight excluding hydrogens is 368 g/mol. The van der Waals surface area contributed by atoms with Crippen molar-refractivity contribution < 1.29 is 4.74 Å². The molecule has 1 aliphatic heterocycles. The average Bonchev–Trinajstić information content (AvgIpc) is 3.18. The van der Waals surface area contributed by atoms with E-state index in [4.69, 9.17) is 9.72 Å². The Morgan fingerprint density at radius 1 is 1.17 bits per heavy atom. The Morgan fingerprint density at radius 3 is 2.79 bits per heavy atom. The van der Waals surface area contributed by atoms with Gasteiger partial charge in [-0.3, -0.25) is 19.1 Å². The number of pyridine rings is 1. The van der Waals surface area contributed by atoms with Crippen LogP contribution in [-0.2, 0) is 24.9 Å². The molecule has 3 heterocycles. The number of aromatic nitrogens is 3. The van der Waals surface area contributed by atoms with E-state index in [0.717, 1.165) is 36.3 Å². The number of methoxy groups -OCH3 is 1. The SMILES string of the molecule is COCCn1c(C2CCCN2Cc2ccc(=O)n(C)c2)nc2ccccc2c1=O. The lowest BCUT2D eigenvalue weighted by molar-refractivity contribution is 0.178. The van der Waals surface area contributed by atoms with Gasteiger partial charge in [0.25, 0.3) is 5.56 Å². The summed E-state index contributed by atoms with van der Waals surface area (Å²) >= 11 is 0. The van der Waals surface area contributed by atoms with Gasteiger partial charge in [0.1, 0.15) is 5.82 Å². The minimum absolute atomic E-state index is 0.0170. The Bertz CT molecular complexity index is 1130. The molecule has 1 aliphatic rings. The Morgan fingerprint density at radius 2 is 2.00 bits per heavy atom. The molecule has 1 atom stereocenters. The van der Waals surface area contributed by atoms with Gasteiger partial charge in [0.15, 0.2) is 0 Å². The van der Waals surface area contributed by atoms with Crippen LogP contribution < -0.4 is 11.1 Å². The first-order chi connectivity index (χ1) is 14.1. The van der Waals surface area contributed by atoms with Crippen molar-refractivity contribution in [3.05, 3.63) is 74.7 Å². The summed E-state index contributed by atoms with van der Waals surface area (Å²) in [5, 5.41) is 0.634. The maximum absolute atomic E-state index is 13.2. The number of hydrogen-bond donors (Lipinski definition) is 0. The van der Waals surface area contributed by atoms with Gasteiger partial charge in [-0.15, -0.1) is 0 Å². The van der Waals surface area contributed by atoms with Gasteiger partial charge >= 0.3 is 0 Å². The van der Waals surface area contributed by atoms with Gasteiger partial charge in [-0.1, -0.05) is 18.2 Å². The second kappa shape index (κ2) is 8.31. The van der Waals surface area contributed by atoms with E-state index in [1.165, 1.54) is 0 Å². The molecule has 1 saturated heterocycles. The van der Waals surface area contributed by atoms with E-state index in [1.54, 1.807) is 29.4 Å². The van der Waals surface area contributed by atoms with Crippen LogP contribution in [0, 0.1) is 0 Å². The van der Waals surface area contributed by atoms with Crippen LogP contribution in [0.2, 0.25) is 0 Å². The molecule has 2 aromatic heterocycles. The van der Waals surface area contributed by atoms with Crippen LogP contribution in [0.3, 0.4) is 0 Å². The Labute approximate surface area is 169 Å². The highest BCUT2D eigenvalue weighted by Crippen LogP contribution is 2.32. The molecule has 1 aromatic carbocycles. The van der Waals surface area contributed by atoms with E-state index in [1.807, 2.05) is 36.5 Å². The highest BCUT2D eigenvalue weighted by molar-refractivity contribution is 5.77. The minimum Gasteiger partial charge on any atom is -0.383 e. The first kappa shape index (κ1) is 19.5. The van der Waals surface area contributed by atoms with Crippen LogP contribution in [0.15, 0.2) is 52.2 Å². The molecule has 29 heavy (non-hydrogen) atoms. The number of likely N-dealkylation sites (tertiary alicyclic amines) is 1. The zero-order chi connectivity index (χ0) is 20.4. The van der Waals surface area contributed by atoms with Gasteiger partial charge in [0.2, 0.25) is 5.56 Å². The summed E-state index contributed by atoms with van der Waals surface area (Å²) < 4.78 is 8.62. The van der Waals surface area contributed by atoms with Crippen LogP contribution in [0.5, 0.6) is 0 Å². The van der Waals surface area contributed by atoms with Crippen molar-refractivity contribution in [1.29, 1.82) is 0 Å². The highest BCUT2D eigenvalue weighted by atomic mass is 16.5. The van der Waals surface area contributed by atoms with Crippen molar-refractivity contribution in [2.75, 3.05) is 20.3 Å². The standard InChI is InChI=1S/C22H26N4O3/c1-24-14-16(9-10-20(24)27)15-25-11-5-8-19(25)21-23-18-7-4-3-6-17(18)22(28)26(21)12-13-29-2/h3-4,6-7,9-10,14,19H,5,8,11-13,15H2,1-2H3. The van der Waals surface area contributed by atoms with E-state index < -0.39 is 0 Å². The smallest absolute Gasteiger partial charge is 0.261 e. The third-order valence-electron chi connectivity index (χ3n) is 5.60. The molecule has 1 fully saturated rings. The van der Waals surface area contributed by atoms with Gasteiger partial charge < -0.3 is 9.30 Å². The maximum Gasteiger partial charge on any atom is 0.261 e. The fourth-order valence-corrected chi connectivity index (χ4v) is 4.13. The van der Waals surface area contributed by atoms with Crippen LogP contribution in [0.25, 0.3) is 10.9 Å². The molecule has 0 spiro atoms. The lowest BCUT2D eigenvalue weighted by atomic mass is 10.1. The molecule has 7 heteroatoms. The van der Waals surface area contributed by atoms with Crippen molar-refractivity contribution in [2.24, 2.45) is 7.05 Å². The molecule has 0 radical (unpaired) electrons. The molecule has 3 aromatic rings. The zero-order valence-electron chi connectivity index (χ0n) is 16.9. The molecule has 0 saturated carbocycles. The molecular formula is C22H26N4O3. The van der Waals surface area contributed by atoms with Gasteiger partial charge in [-0.25, -0.2) is 4.98 Å². The lowest BCUT2D eigenvalue weighted by Gasteiger charge is -2.26.